The molecule has 0 saturated carbocycles. The first-order valence-corrected chi connectivity index (χ1v) is 8.78. The number of fused-ring (bicyclic) bond motifs is 3. The van der Waals surface area contributed by atoms with E-state index in [-0.39, 0.29) is 5.82 Å². The number of aromatic nitrogens is 1. The molecule has 1 aliphatic heterocycles. The molecule has 0 bridgehead atoms. The highest BCUT2D eigenvalue weighted by Gasteiger charge is 2.21. The number of hydrogen-bond donors (Lipinski definition) is 0. The second-order valence-electron chi connectivity index (χ2n) is 7.12. The first-order valence-electron chi connectivity index (χ1n) is 8.78. The minimum absolute atomic E-state index is 0.196. The lowest BCUT2D eigenvalue weighted by molar-refractivity contribution is 0.312. The number of allylic oxidation sites excluding steroid dienone is 1. The molecule has 3 heteroatoms. The highest BCUT2D eigenvalue weighted by atomic mass is 19.1. The number of halogens is 1. The van der Waals surface area contributed by atoms with Crippen molar-refractivity contribution in [3.05, 3.63) is 70.7 Å². The van der Waals surface area contributed by atoms with Crippen LogP contribution in [0.25, 0.3) is 22.7 Å². The van der Waals surface area contributed by atoms with Crippen molar-refractivity contribution in [3.63, 3.8) is 0 Å². The van der Waals surface area contributed by atoms with Crippen LogP contribution in [0.2, 0.25) is 0 Å². The fourth-order valence-electron chi connectivity index (χ4n) is 3.77. The van der Waals surface area contributed by atoms with Crippen molar-refractivity contribution in [1.29, 1.82) is 0 Å². The zero-order valence-corrected chi connectivity index (χ0v) is 15.0. The Kier molecular flexibility index (Phi) is 3.97. The molecule has 4 rings (SSSR count). The van der Waals surface area contributed by atoms with Crippen LogP contribution in [-0.4, -0.2) is 23.1 Å². The lowest BCUT2D eigenvalue weighted by Crippen LogP contribution is -2.26. The van der Waals surface area contributed by atoms with E-state index < -0.39 is 0 Å². The van der Waals surface area contributed by atoms with E-state index in [0.29, 0.717) is 0 Å². The van der Waals surface area contributed by atoms with E-state index in [1.165, 1.54) is 39.9 Å². The summed E-state index contributed by atoms with van der Waals surface area (Å²) in [6.45, 7) is 6.31. The standard InChI is InChI=1S/C22H23FN2/c1-15-4-9-21-19(12-15)20-14-24(3)11-10-22(20)25(21)13-16(2)17-5-7-18(23)8-6-17/h4-9,12-13H,10-11,14H2,1-3H3/b16-13-. The molecule has 2 heterocycles. The fourth-order valence-corrected chi connectivity index (χ4v) is 3.77. The summed E-state index contributed by atoms with van der Waals surface area (Å²) in [7, 11) is 2.18. The van der Waals surface area contributed by atoms with Crippen LogP contribution >= 0.6 is 0 Å². The molecule has 0 N–H and O–H groups in total. The second kappa shape index (κ2) is 6.16. The van der Waals surface area contributed by atoms with E-state index in [2.05, 4.69) is 54.8 Å². The summed E-state index contributed by atoms with van der Waals surface area (Å²) in [5.74, 6) is -0.196. The van der Waals surface area contributed by atoms with Crippen molar-refractivity contribution in [3.8, 4) is 0 Å². The molecule has 25 heavy (non-hydrogen) atoms. The van der Waals surface area contributed by atoms with Crippen LogP contribution in [0.15, 0.2) is 42.5 Å². The van der Waals surface area contributed by atoms with Crippen LogP contribution in [0.1, 0.15) is 29.3 Å². The molecule has 0 spiro atoms. The molecule has 2 nitrogen and oxygen atoms in total. The topological polar surface area (TPSA) is 8.17 Å². The van der Waals surface area contributed by atoms with E-state index in [9.17, 15) is 4.39 Å². The molecule has 0 atom stereocenters. The summed E-state index contributed by atoms with van der Waals surface area (Å²) in [5.41, 5.74) is 7.58. The smallest absolute Gasteiger partial charge is 0.123 e. The molecule has 0 aliphatic carbocycles. The van der Waals surface area contributed by atoms with Crippen molar-refractivity contribution in [1.82, 2.24) is 9.47 Å². The van der Waals surface area contributed by atoms with Gasteiger partial charge in [-0.2, -0.15) is 0 Å². The molecule has 0 fully saturated rings. The molecule has 2 aromatic carbocycles. The van der Waals surface area contributed by atoms with Crippen molar-refractivity contribution in [2.45, 2.75) is 26.8 Å². The maximum atomic E-state index is 13.2. The Labute approximate surface area is 148 Å². The Morgan fingerprint density at radius 3 is 2.64 bits per heavy atom. The van der Waals surface area contributed by atoms with Gasteiger partial charge in [0.25, 0.3) is 0 Å². The molecule has 1 aliphatic rings. The third-order valence-corrected chi connectivity index (χ3v) is 5.16. The van der Waals surface area contributed by atoms with Gasteiger partial charge in [0.1, 0.15) is 5.82 Å². The zero-order valence-electron chi connectivity index (χ0n) is 15.0. The van der Waals surface area contributed by atoms with Crippen molar-refractivity contribution >= 4 is 22.7 Å². The number of benzene rings is 2. The highest BCUT2D eigenvalue weighted by Crippen LogP contribution is 2.32. The minimum Gasteiger partial charge on any atom is -0.320 e. The minimum atomic E-state index is -0.196. The van der Waals surface area contributed by atoms with Gasteiger partial charge in [0.15, 0.2) is 0 Å². The Morgan fingerprint density at radius 1 is 1.12 bits per heavy atom. The van der Waals surface area contributed by atoms with Gasteiger partial charge in [0.05, 0.1) is 5.52 Å². The third kappa shape index (κ3) is 2.89. The van der Waals surface area contributed by atoms with Gasteiger partial charge in [0, 0.05) is 36.8 Å². The lowest BCUT2D eigenvalue weighted by Gasteiger charge is -2.23. The number of likely N-dealkylation sites (N-methyl/N-ethyl adjacent to an activating group) is 1. The van der Waals surface area contributed by atoms with Crippen LogP contribution < -0.4 is 0 Å². The van der Waals surface area contributed by atoms with Gasteiger partial charge in [-0.3, -0.25) is 0 Å². The third-order valence-electron chi connectivity index (χ3n) is 5.16. The Bertz CT molecular complexity index is 964. The first-order chi connectivity index (χ1) is 12.0. The van der Waals surface area contributed by atoms with Crippen LogP contribution in [0.3, 0.4) is 0 Å². The summed E-state index contributed by atoms with van der Waals surface area (Å²) in [4.78, 5) is 2.38. The van der Waals surface area contributed by atoms with Gasteiger partial charge in [-0.1, -0.05) is 23.8 Å². The largest absolute Gasteiger partial charge is 0.320 e. The maximum absolute atomic E-state index is 13.2. The number of hydrogen-bond acceptors (Lipinski definition) is 1. The Morgan fingerprint density at radius 2 is 1.88 bits per heavy atom. The predicted molar refractivity (Wildman–Crippen MR) is 103 cm³/mol. The number of rotatable bonds is 2. The van der Waals surface area contributed by atoms with E-state index in [1.807, 2.05) is 12.1 Å². The fraction of sp³-hybridized carbons (Fsp3) is 0.273. The van der Waals surface area contributed by atoms with Gasteiger partial charge < -0.3 is 9.47 Å². The molecule has 1 aromatic heterocycles. The quantitative estimate of drug-likeness (QED) is 0.633. The summed E-state index contributed by atoms with van der Waals surface area (Å²) < 4.78 is 15.5. The summed E-state index contributed by atoms with van der Waals surface area (Å²) in [6.07, 6.45) is 3.25. The van der Waals surface area contributed by atoms with Crippen LogP contribution in [-0.2, 0) is 13.0 Å². The van der Waals surface area contributed by atoms with Gasteiger partial charge in [-0.15, -0.1) is 0 Å². The summed E-state index contributed by atoms with van der Waals surface area (Å²) in [6, 6.07) is 13.4. The molecule has 128 valence electrons. The van der Waals surface area contributed by atoms with Crippen LogP contribution in [0.4, 0.5) is 4.39 Å². The first kappa shape index (κ1) is 16.1. The van der Waals surface area contributed by atoms with Crippen LogP contribution in [0.5, 0.6) is 0 Å². The van der Waals surface area contributed by atoms with Crippen molar-refractivity contribution in [2.75, 3.05) is 13.6 Å². The van der Waals surface area contributed by atoms with Gasteiger partial charge in [-0.05, 0) is 61.9 Å². The van der Waals surface area contributed by atoms with Gasteiger partial charge >= 0.3 is 0 Å². The van der Waals surface area contributed by atoms with E-state index in [0.717, 1.165) is 30.6 Å². The Balaban J connectivity index is 1.89. The van der Waals surface area contributed by atoms with Crippen molar-refractivity contribution < 1.29 is 4.39 Å². The van der Waals surface area contributed by atoms with E-state index in [1.54, 1.807) is 0 Å². The maximum Gasteiger partial charge on any atom is 0.123 e. The van der Waals surface area contributed by atoms with E-state index >= 15 is 0 Å². The Hall–Kier alpha value is -2.39. The molecule has 0 saturated heterocycles. The zero-order chi connectivity index (χ0) is 17.6. The summed E-state index contributed by atoms with van der Waals surface area (Å²) >= 11 is 0. The predicted octanol–water partition coefficient (Wildman–Crippen LogP) is 5.09. The average molecular weight is 334 g/mol. The normalized spacial score (nSPS) is 15.6. The highest BCUT2D eigenvalue weighted by molar-refractivity contribution is 5.90. The molecular weight excluding hydrogens is 311 g/mol. The molecular formula is C22H23FN2. The number of nitrogens with zero attached hydrogens (tertiary/aromatic N) is 2. The second-order valence-corrected chi connectivity index (χ2v) is 7.12. The van der Waals surface area contributed by atoms with Crippen LogP contribution in [0, 0.1) is 12.7 Å². The molecule has 0 radical (unpaired) electrons. The monoisotopic (exact) mass is 334 g/mol. The molecule has 3 aromatic rings. The summed E-state index contributed by atoms with van der Waals surface area (Å²) in [5, 5.41) is 1.35. The van der Waals surface area contributed by atoms with Gasteiger partial charge in [-0.25, -0.2) is 4.39 Å². The van der Waals surface area contributed by atoms with Crippen molar-refractivity contribution in [2.24, 2.45) is 0 Å². The lowest BCUT2D eigenvalue weighted by atomic mass is 10.0. The molecule has 0 unspecified atom stereocenters. The SMILES string of the molecule is C/C(=C/n1c2c(c3cc(C)ccc31)CN(C)CC2)c1ccc(F)cc1. The molecule has 0 amide bonds. The van der Waals surface area contributed by atoms with Gasteiger partial charge in [0.2, 0.25) is 0 Å². The van der Waals surface area contributed by atoms with E-state index in [4.69, 9.17) is 0 Å². The number of aryl methyl sites for hydroxylation is 1. The average Bonchev–Trinajstić information content (AvgIpc) is 2.88.